The molecular formula is C24H34FN3O5. The lowest BCUT2D eigenvalue weighted by Gasteiger charge is -2.48. The van der Waals surface area contributed by atoms with Crippen LogP contribution >= 0.6 is 0 Å². The van der Waals surface area contributed by atoms with Gasteiger partial charge in [-0.25, -0.2) is 4.39 Å². The molecule has 2 unspecified atom stereocenters. The number of piperidine rings is 2. The molecule has 2 aliphatic heterocycles. The van der Waals surface area contributed by atoms with E-state index in [0.717, 1.165) is 12.8 Å². The lowest BCUT2D eigenvalue weighted by molar-refractivity contribution is -0.151. The van der Waals surface area contributed by atoms with Crippen molar-refractivity contribution in [3.8, 4) is 0 Å². The lowest BCUT2D eigenvalue weighted by atomic mass is 9.80. The highest BCUT2D eigenvalue weighted by Crippen LogP contribution is 2.38. The molecule has 0 aromatic heterocycles. The maximum absolute atomic E-state index is 15.1. The van der Waals surface area contributed by atoms with Crippen molar-refractivity contribution in [3.05, 3.63) is 24.0 Å². The van der Waals surface area contributed by atoms with Crippen LogP contribution in [0.5, 0.6) is 0 Å². The van der Waals surface area contributed by atoms with Gasteiger partial charge >= 0.3 is 5.97 Å². The summed E-state index contributed by atoms with van der Waals surface area (Å²) in [5, 5.41) is 16.3. The van der Waals surface area contributed by atoms with Gasteiger partial charge in [0, 0.05) is 24.2 Å². The summed E-state index contributed by atoms with van der Waals surface area (Å²) in [7, 11) is 0. The number of hydrogen-bond acceptors (Lipinski definition) is 7. The Labute approximate surface area is 193 Å². The third-order valence-electron chi connectivity index (χ3n) is 6.34. The Balaban J connectivity index is 1.65. The van der Waals surface area contributed by atoms with E-state index in [1.54, 1.807) is 12.1 Å². The van der Waals surface area contributed by atoms with Crippen molar-refractivity contribution in [1.29, 1.82) is 0 Å². The van der Waals surface area contributed by atoms with E-state index >= 15 is 4.39 Å². The summed E-state index contributed by atoms with van der Waals surface area (Å²) in [6.07, 6.45) is 2.87. The van der Waals surface area contributed by atoms with Crippen molar-refractivity contribution in [2.45, 2.75) is 89.4 Å². The first-order valence-electron chi connectivity index (χ1n) is 11.7. The largest absolute Gasteiger partial charge is 0.466 e. The smallest absolute Gasteiger partial charge is 0.308 e. The zero-order valence-corrected chi connectivity index (χ0v) is 19.5. The Hall–Kier alpha value is -2.68. The number of unbranched alkanes of at least 4 members (excludes halogenated alkanes) is 1. The maximum Gasteiger partial charge on any atom is 0.308 e. The number of hydrogen-bond donors (Lipinski definition) is 3. The van der Waals surface area contributed by atoms with Crippen LogP contribution in [0.3, 0.4) is 0 Å². The number of ether oxygens (including phenoxy) is 1. The first-order chi connectivity index (χ1) is 15.6. The zero-order valence-electron chi connectivity index (χ0n) is 19.5. The van der Waals surface area contributed by atoms with E-state index in [9.17, 15) is 19.5 Å². The van der Waals surface area contributed by atoms with Gasteiger partial charge in [0.2, 0.25) is 11.8 Å². The maximum atomic E-state index is 15.1. The fourth-order valence-corrected chi connectivity index (χ4v) is 4.92. The molecule has 3 rings (SSSR count). The minimum Gasteiger partial charge on any atom is -0.466 e. The van der Waals surface area contributed by atoms with Crippen LogP contribution in [0.25, 0.3) is 0 Å². The number of anilines is 2. The molecule has 2 aliphatic rings. The van der Waals surface area contributed by atoms with Crippen LogP contribution < -0.4 is 15.5 Å². The van der Waals surface area contributed by atoms with Crippen LogP contribution in [-0.2, 0) is 19.1 Å². The normalized spacial score (nSPS) is 27.8. The Morgan fingerprint density at radius 2 is 2.00 bits per heavy atom. The molecule has 2 amide bonds. The number of nitrogens with one attached hydrogen (secondary N) is 2. The molecule has 0 bridgehead atoms. The number of nitrogens with zero attached hydrogens (tertiary/aromatic N) is 1. The molecule has 0 radical (unpaired) electrons. The van der Waals surface area contributed by atoms with E-state index in [4.69, 9.17) is 4.74 Å². The molecule has 8 nitrogen and oxygen atoms in total. The minimum absolute atomic E-state index is 0.0729. The van der Waals surface area contributed by atoms with Crippen LogP contribution in [0.15, 0.2) is 18.2 Å². The number of carbonyl (C=O) groups excluding carboxylic acids is 3. The van der Waals surface area contributed by atoms with Crippen molar-refractivity contribution in [2.24, 2.45) is 0 Å². The fourth-order valence-electron chi connectivity index (χ4n) is 4.92. The number of imide groups is 1. The van der Waals surface area contributed by atoms with Gasteiger partial charge in [-0.1, -0.05) is 13.3 Å². The predicted molar refractivity (Wildman–Crippen MR) is 122 cm³/mol. The molecule has 2 heterocycles. The molecule has 1 aromatic carbocycles. The molecule has 0 aliphatic carbocycles. The van der Waals surface area contributed by atoms with Gasteiger partial charge in [0.05, 0.1) is 24.3 Å². The summed E-state index contributed by atoms with van der Waals surface area (Å²) in [5.41, 5.74) is -0.339. The second-order valence-corrected chi connectivity index (χ2v) is 9.30. The minimum atomic E-state index is -1.19. The number of carbonyl (C=O) groups is 3. The van der Waals surface area contributed by atoms with Crippen LogP contribution in [-0.4, -0.2) is 53.2 Å². The van der Waals surface area contributed by atoms with Crippen molar-refractivity contribution in [1.82, 2.24) is 5.32 Å². The second-order valence-electron chi connectivity index (χ2n) is 9.30. The Kier molecular flexibility index (Phi) is 7.94. The van der Waals surface area contributed by atoms with Gasteiger partial charge in [0.25, 0.3) is 0 Å². The van der Waals surface area contributed by atoms with Crippen molar-refractivity contribution in [2.75, 3.05) is 16.8 Å². The summed E-state index contributed by atoms with van der Waals surface area (Å²) in [5.74, 6) is -1.58. The predicted octanol–water partition coefficient (Wildman–Crippen LogP) is 2.88. The summed E-state index contributed by atoms with van der Waals surface area (Å²) in [6.45, 7) is 6.17. The van der Waals surface area contributed by atoms with Gasteiger partial charge in [0.1, 0.15) is 11.9 Å². The molecule has 182 valence electrons. The average molecular weight is 464 g/mol. The van der Waals surface area contributed by atoms with Gasteiger partial charge in [-0.05, 0) is 57.7 Å². The van der Waals surface area contributed by atoms with Gasteiger partial charge in [0.15, 0.2) is 0 Å². The van der Waals surface area contributed by atoms with E-state index in [-0.39, 0.29) is 30.8 Å². The highest BCUT2D eigenvalue weighted by molar-refractivity contribution is 6.01. The Bertz CT molecular complexity index is 881. The first-order valence-corrected chi connectivity index (χ1v) is 11.7. The molecule has 0 spiro atoms. The molecule has 33 heavy (non-hydrogen) atoms. The highest BCUT2D eigenvalue weighted by atomic mass is 19.1. The number of aliphatic hydroxyl groups is 1. The van der Waals surface area contributed by atoms with Gasteiger partial charge < -0.3 is 20.1 Å². The van der Waals surface area contributed by atoms with Crippen LogP contribution in [0.1, 0.15) is 65.7 Å². The number of esters is 1. The molecular weight excluding hydrogens is 429 g/mol. The van der Waals surface area contributed by atoms with Crippen molar-refractivity contribution < 1.29 is 28.6 Å². The number of rotatable bonds is 8. The average Bonchev–Trinajstić information content (AvgIpc) is 2.71. The van der Waals surface area contributed by atoms with Crippen LogP contribution in [0.4, 0.5) is 15.8 Å². The Morgan fingerprint density at radius 3 is 2.61 bits per heavy atom. The van der Waals surface area contributed by atoms with Crippen molar-refractivity contribution in [3.63, 3.8) is 0 Å². The topological polar surface area (TPSA) is 108 Å². The molecule has 1 aromatic rings. The van der Waals surface area contributed by atoms with E-state index in [0.29, 0.717) is 37.2 Å². The highest BCUT2D eigenvalue weighted by Gasteiger charge is 2.42. The molecule has 2 fully saturated rings. The second kappa shape index (κ2) is 10.5. The molecule has 3 N–H and O–H groups in total. The van der Waals surface area contributed by atoms with E-state index < -0.39 is 29.3 Å². The van der Waals surface area contributed by atoms with Crippen LogP contribution in [0, 0.1) is 5.82 Å². The monoisotopic (exact) mass is 463 g/mol. The molecule has 4 atom stereocenters. The summed E-state index contributed by atoms with van der Waals surface area (Å²) in [6, 6.07) is 3.70. The standard InChI is InChI=1S/C24H34FN3O5/c1-4-5-10-33-22(30)14-24(32)12-15(2)28(16(3)13-24)20-8-6-17(11-18(20)25)26-19-7-9-21(29)27-23(19)31/h6,8,11,15-16,19,26,32H,4-5,7,9-10,12-14H2,1-3H3,(H,27,29,31)/t15-,16+,19?,24?. The zero-order chi connectivity index (χ0) is 24.2. The summed E-state index contributed by atoms with van der Waals surface area (Å²) in [4.78, 5) is 37.3. The third kappa shape index (κ3) is 6.22. The third-order valence-corrected chi connectivity index (χ3v) is 6.34. The van der Waals surface area contributed by atoms with E-state index in [1.807, 2.05) is 25.7 Å². The fraction of sp³-hybridized carbons (Fsp3) is 0.625. The van der Waals surface area contributed by atoms with Crippen LogP contribution in [0.2, 0.25) is 0 Å². The first kappa shape index (κ1) is 25.0. The van der Waals surface area contributed by atoms with Crippen molar-refractivity contribution >= 4 is 29.2 Å². The van der Waals surface area contributed by atoms with E-state index in [2.05, 4.69) is 10.6 Å². The quantitative estimate of drug-likeness (QED) is 0.309. The Morgan fingerprint density at radius 1 is 1.30 bits per heavy atom. The molecule has 9 heteroatoms. The van der Waals surface area contributed by atoms with E-state index in [1.165, 1.54) is 6.07 Å². The lowest BCUT2D eigenvalue weighted by Crippen LogP contribution is -2.55. The SMILES string of the molecule is CCCCOC(=O)CC1(O)C[C@@H](C)N(c2ccc(NC3CCC(=O)NC3=O)cc2F)[C@@H](C)C1. The summed E-state index contributed by atoms with van der Waals surface area (Å²) >= 11 is 0. The number of amides is 2. The van der Waals surface area contributed by atoms with Gasteiger partial charge in [-0.3, -0.25) is 19.7 Å². The molecule has 2 saturated heterocycles. The van der Waals surface area contributed by atoms with Gasteiger partial charge in [-0.15, -0.1) is 0 Å². The number of halogens is 1. The summed E-state index contributed by atoms with van der Waals surface area (Å²) < 4.78 is 20.3. The number of benzene rings is 1. The molecule has 0 saturated carbocycles. The van der Waals surface area contributed by atoms with Gasteiger partial charge in [-0.2, -0.15) is 0 Å².